The second kappa shape index (κ2) is 8.64. The van der Waals surface area contributed by atoms with Gasteiger partial charge in [-0.1, -0.05) is 59.8 Å². The molecule has 0 bridgehead atoms. The molecule has 3 aromatic carbocycles. The summed E-state index contributed by atoms with van der Waals surface area (Å²) in [5.74, 6) is 0.552. The fourth-order valence-electron chi connectivity index (χ4n) is 3.06. The number of rotatable bonds is 6. The highest BCUT2D eigenvalue weighted by Crippen LogP contribution is 2.37. The van der Waals surface area contributed by atoms with Gasteiger partial charge in [0, 0.05) is 27.9 Å². The smallest absolute Gasteiger partial charge is 0.269 e. The van der Waals surface area contributed by atoms with Gasteiger partial charge in [0.2, 0.25) is 0 Å². The minimum absolute atomic E-state index is 0.182. The van der Waals surface area contributed by atoms with Crippen LogP contribution in [0.25, 0.3) is 10.9 Å². The Morgan fingerprint density at radius 1 is 1.07 bits per heavy atom. The van der Waals surface area contributed by atoms with Crippen LogP contribution in [0.2, 0.25) is 5.02 Å². The first-order chi connectivity index (χ1) is 14.2. The fourth-order valence-corrected chi connectivity index (χ4v) is 4.32. The van der Waals surface area contributed by atoms with Crippen molar-refractivity contribution in [1.29, 1.82) is 0 Å². The van der Waals surface area contributed by atoms with Crippen molar-refractivity contribution in [2.24, 2.45) is 0 Å². The van der Waals surface area contributed by atoms with Gasteiger partial charge in [-0.25, -0.2) is 0 Å². The highest BCUT2D eigenvalue weighted by atomic mass is 35.5. The number of carbonyl (C=O) groups excluding carboxylic acids is 1. The number of hydrogen-bond donors (Lipinski definition) is 2. The first-order valence-electron chi connectivity index (χ1n) is 9.10. The van der Waals surface area contributed by atoms with Crippen molar-refractivity contribution >= 4 is 40.2 Å². The van der Waals surface area contributed by atoms with E-state index >= 15 is 0 Å². The van der Waals surface area contributed by atoms with E-state index in [4.69, 9.17) is 16.3 Å². The predicted octanol–water partition coefficient (Wildman–Crippen LogP) is 5.91. The average molecular weight is 423 g/mol. The lowest BCUT2D eigenvalue weighted by molar-refractivity contribution is 0.0944. The molecule has 1 heterocycles. The summed E-state index contributed by atoms with van der Waals surface area (Å²) in [6.07, 6.45) is 0. The molecule has 0 radical (unpaired) electrons. The Hall–Kier alpha value is -2.89. The Balaban J connectivity index is 1.68. The number of amides is 1. The number of aromatic nitrogens is 1. The standard InChI is InChI=1S/C23H19ClN2O2S/c1-28-16-11-12-18-20(13-16)26-21(22(18)29-17-8-3-2-4-9-17)23(27)25-14-15-7-5-6-10-19(15)24/h2-13,26H,14H2,1H3,(H,25,27). The monoisotopic (exact) mass is 422 g/mol. The molecule has 0 saturated heterocycles. The van der Waals surface area contributed by atoms with Crippen molar-refractivity contribution in [2.45, 2.75) is 16.3 Å². The molecule has 2 N–H and O–H groups in total. The number of halogens is 1. The average Bonchev–Trinajstić information content (AvgIpc) is 3.11. The lowest BCUT2D eigenvalue weighted by atomic mass is 10.2. The zero-order valence-corrected chi connectivity index (χ0v) is 17.3. The van der Waals surface area contributed by atoms with Gasteiger partial charge in [0.05, 0.1) is 17.5 Å². The Morgan fingerprint density at radius 2 is 1.83 bits per heavy atom. The number of aromatic amines is 1. The van der Waals surface area contributed by atoms with Crippen LogP contribution >= 0.6 is 23.4 Å². The number of carbonyl (C=O) groups is 1. The van der Waals surface area contributed by atoms with Crippen LogP contribution in [0.5, 0.6) is 5.75 Å². The summed E-state index contributed by atoms with van der Waals surface area (Å²) in [6.45, 7) is 0.354. The topological polar surface area (TPSA) is 54.1 Å². The summed E-state index contributed by atoms with van der Waals surface area (Å²) < 4.78 is 5.33. The SMILES string of the molecule is COc1ccc2c(Sc3ccccc3)c(C(=O)NCc3ccccc3Cl)[nH]c2c1. The van der Waals surface area contributed by atoms with Crippen molar-refractivity contribution in [3.8, 4) is 5.75 Å². The summed E-state index contributed by atoms with van der Waals surface area (Å²) in [6, 6.07) is 23.2. The summed E-state index contributed by atoms with van der Waals surface area (Å²) in [5, 5.41) is 4.58. The van der Waals surface area contributed by atoms with Crippen LogP contribution in [0.3, 0.4) is 0 Å². The maximum absolute atomic E-state index is 13.0. The van der Waals surface area contributed by atoms with Gasteiger partial charge in [0.15, 0.2) is 0 Å². The summed E-state index contributed by atoms with van der Waals surface area (Å²) in [5.41, 5.74) is 2.25. The Bertz CT molecular complexity index is 1160. The largest absolute Gasteiger partial charge is 0.497 e. The Kier molecular flexibility index (Phi) is 5.79. The van der Waals surface area contributed by atoms with Gasteiger partial charge < -0.3 is 15.0 Å². The van der Waals surface area contributed by atoms with Crippen LogP contribution in [0.1, 0.15) is 16.1 Å². The molecule has 0 unspecified atom stereocenters. The van der Waals surface area contributed by atoms with E-state index in [1.165, 1.54) is 0 Å². The minimum atomic E-state index is -0.182. The molecule has 4 nitrogen and oxygen atoms in total. The zero-order chi connectivity index (χ0) is 20.2. The quantitative estimate of drug-likeness (QED) is 0.406. The van der Waals surface area contributed by atoms with E-state index in [-0.39, 0.29) is 5.91 Å². The van der Waals surface area contributed by atoms with Crippen LogP contribution in [-0.2, 0) is 6.54 Å². The molecule has 0 atom stereocenters. The van der Waals surface area contributed by atoms with Crippen LogP contribution in [0.4, 0.5) is 0 Å². The summed E-state index contributed by atoms with van der Waals surface area (Å²) in [4.78, 5) is 18.2. The molecule has 4 aromatic rings. The highest BCUT2D eigenvalue weighted by Gasteiger charge is 2.19. The van der Waals surface area contributed by atoms with Crippen LogP contribution in [0.15, 0.2) is 82.6 Å². The van der Waals surface area contributed by atoms with Gasteiger partial charge in [-0.3, -0.25) is 4.79 Å². The van der Waals surface area contributed by atoms with Gasteiger partial charge >= 0.3 is 0 Å². The predicted molar refractivity (Wildman–Crippen MR) is 118 cm³/mol. The molecule has 1 aromatic heterocycles. The second-order valence-corrected chi connectivity index (χ2v) is 7.92. The number of ether oxygens (including phenoxy) is 1. The number of H-pyrrole nitrogens is 1. The normalized spacial score (nSPS) is 10.8. The van der Waals surface area contributed by atoms with E-state index in [1.807, 2.05) is 72.8 Å². The van der Waals surface area contributed by atoms with E-state index in [2.05, 4.69) is 10.3 Å². The molecule has 4 rings (SSSR count). The van der Waals surface area contributed by atoms with Gasteiger partial charge in [0.1, 0.15) is 11.4 Å². The van der Waals surface area contributed by atoms with Crippen LogP contribution in [-0.4, -0.2) is 18.0 Å². The molecule has 6 heteroatoms. The number of nitrogens with one attached hydrogen (secondary N) is 2. The van der Waals surface area contributed by atoms with Crippen molar-refractivity contribution in [1.82, 2.24) is 10.3 Å². The molecular formula is C23H19ClN2O2S. The van der Waals surface area contributed by atoms with Crippen molar-refractivity contribution < 1.29 is 9.53 Å². The summed E-state index contributed by atoms with van der Waals surface area (Å²) in [7, 11) is 1.63. The zero-order valence-electron chi connectivity index (χ0n) is 15.7. The Labute approximate surface area is 178 Å². The molecule has 0 saturated carbocycles. The first-order valence-corrected chi connectivity index (χ1v) is 10.3. The van der Waals surface area contributed by atoms with Crippen molar-refractivity contribution in [3.63, 3.8) is 0 Å². The minimum Gasteiger partial charge on any atom is -0.497 e. The Morgan fingerprint density at radius 3 is 2.59 bits per heavy atom. The van der Waals surface area contributed by atoms with Gasteiger partial charge in [-0.2, -0.15) is 0 Å². The molecule has 0 fully saturated rings. The number of methoxy groups -OCH3 is 1. The number of hydrogen-bond acceptors (Lipinski definition) is 3. The number of fused-ring (bicyclic) bond motifs is 1. The van der Waals surface area contributed by atoms with Crippen molar-refractivity contribution in [3.05, 3.63) is 89.1 Å². The molecule has 0 spiro atoms. The van der Waals surface area contributed by atoms with E-state index in [9.17, 15) is 4.79 Å². The third kappa shape index (κ3) is 4.26. The van der Waals surface area contributed by atoms with E-state index in [1.54, 1.807) is 18.9 Å². The third-order valence-corrected chi connectivity index (χ3v) is 6.05. The van der Waals surface area contributed by atoms with Gasteiger partial charge in [-0.05, 0) is 35.9 Å². The fraction of sp³-hybridized carbons (Fsp3) is 0.0870. The number of benzene rings is 3. The van der Waals surface area contributed by atoms with E-state index < -0.39 is 0 Å². The van der Waals surface area contributed by atoms with Crippen LogP contribution < -0.4 is 10.1 Å². The molecule has 0 aliphatic carbocycles. The lowest BCUT2D eigenvalue weighted by Gasteiger charge is -2.08. The molecule has 0 aliphatic rings. The maximum Gasteiger partial charge on any atom is 0.269 e. The van der Waals surface area contributed by atoms with Crippen LogP contribution in [0, 0.1) is 0 Å². The molecule has 0 aliphatic heterocycles. The molecular weight excluding hydrogens is 404 g/mol. The highest BCUT2D eigenvalue weighted by molar-refractivity contribution is 7.99. The molecule has 146 valence electrons. The maximum atomic E-state index is 13.0. The second-order valence-electron chi connectivity index (χ2n) is 6.43. The van der Waals surface area contributed by atoms with Crippen molar-refractivity contribution in [2.75, 3.05) is 7.11 Å². The van der Waals surface area contributed by atoms with Gasteiger partial charge in [0.25, 0.3) is 5.91 Å². The first kappa shape index (κ1) is 19.4. The van der Waals surface area contributed by atoms with E-state index in [0.717, 1.165) is 32.0 Å². The lowest BCUT2D eigenvalue weighted by Crippen LogP contribution is -2.23. The van der Waals surface area contributed by atoms with Gasteiger partial charge in [-0.15, -0.1) is 0 Å². The van der Waals surface area contributed by atoms with E-state index in [0.29, 0.717) is 17.3 Å². The third-order valence-electron chi connectivity index (χ3n) is 4.55. The molecule has 29 heavy (non-hydrogen) atoms. The summed E-state index contributed by atoms with van der Waals surface area (Å²) >= 11 is 7.77. The molecule has 1 amide bonds.